The van der Waals surface area contributed by atoms with Crippen molar-refractivity contribution in [2.75, 3.05) is 4.72 Å². The Hall–Kier alpha value is -2.18. The summed E-state index contributed by atoms with van der Waals surface area (Å²) in [5, 5.41) is 2.59. The lowest BCUT2D eigenvalue weighted by atomic mass is 9.49. The number of rotatable bonds is 5. The maximum Gasteiger partial charge on any atom is 0.264 e. The number of aromatic nitrogens is 1. The zero-order chi connectivity index (χ0) is 21.1. The molecular formula is C25H26N2O2S2. The molecule has 0 spiro atoms. The highest BCUT2D eigenvalue weighted by Crippen LogP contribution is 2.60. The van der Waals surface area contributed by atoms with Crippen LogP contribution in [0.3, 0.4) is 0 Å². The number of nitrogens with one attached hydrogen (secondary N) is 1. The van der Waals surface area contributed by atoms with Gasteiger partial charge in [0.15, 0.2) is 5.13 Å². The number of anilines is 1. The Labute approximate surface area is 187 Å². The lowest BCUT2D eigenvalue weighted by Gasteiger charge is -2.56. The zero-order valence-corrected chi connectivity index (χ0v) is 19.0. The molecule has 4 aliphatic carbocycles. The van der Waals surface area contributed by atoms with Gasteiger partial charge in [-0.2, -0.15) is 0 Å². The molecule has 160 valence electrons. The van der Waals surface area contributed by atoms with Crippen molar-refractivity contribution in [1.82, 2.24) is 4.98 Å². The Bertz CT molecular complexity index is 1180. The fourth-order valence-electron chi connectivity index (χ4n) is 6.72. The summed E-state index contributed by atoms with van der Waals surface area (Å²) >= 11 is 1.42. The minimum Gasteiger partial charge on any atom is -0.255 e. The molecule has 1 aromatic heterocycles. The molecule has 0 aliphatic heterocycles. The van der Waals surface area contributed by atoms with Gasteiger partial charge in [0.1, 0.15) is 0 Å². The monoisotopic (exact) mass is 450 g/mol. The average molecular weight is 451 g/mol. The van der Waals surface area contributed by atoms with Crippen molar-refractivity contribution in [3.8, 4) is 11.1 Å². The third kappa shape index (κ3) is 3.40. The van der Waals surface area contributed by atoms with E-state index in [9.17, 15) is 8.42 Å². The topological polar surface area (TPSA) is 59.1 Å². The number of benzene rings is 2. The Kier molecular flexibility index (Phi) is 4.51. The number of sulfonamides is 1. The van der Waals surface area contributed by atoms with Crippen LogP contribution in [0.25, 0.3) is 11.1 Å². The average Bonchev–Trinajstić information content (AvgIpc) is 3.22. The van der Waals surface area contributed by atoms with Crippen LogP contribution in [0.4, 0.5) is 5.13 Å². The second kappa shape index (κ2) is 7.17. The van der Waals surface area contributed by atoms with Gasteiger partial charge in [-0.05, 0) is 67.9 Å². The van der Waals surface area contributed by atoms with Gasteiger partial charge < -0.3 is 0 Å². The molecule has 3 aromatic rings. The Morgan fingerprint density at radius 2 is 1.48 bits per heavy atom. The molecule has 2 aromatic carbocycles. The summed E-state index contributed by atoms with van der Waals surface area (Å²) < 4.78 is 29.4. The molecule has 4 bridgehead atoms. The van der Waals surface area contributed by atoms with E-state index in [2.05, 4.69) is 10.1 Å². The van der Waals surface area contributed by atoms with Gasteiger partial charge in [0.25, 0.3) is 10.0 Å². The maximum absolute atomic E-state index is 13.3. The number of hydrogen-bond acceptors (Lipinski definition) is 4. The number of hydrogen-bond donors (Lipinski definition) is 1. The number of thiazole rings is 1. The first kappa shape index (κ1) is 19.5. The third-order valence-electron chi connectivity index (χ3n) is 7.57. The van der Waals surface area contributed by atoms with E-state index in [4.69, 9.17) is 4.98 Å². The fourth-order valence-corrected chi connectivity index (χ4v) is 9.03. The summed E-state index contributed by atoms with van der Waals surface area (Å²) in [5.41, 5.74) is 2.88. The van der Waals surface area contributed by atoms with Crippen LogP contribution in [-0.4, -0.2) is 13.4 Å². The minimum absolute atomic E-state index is 0.177. The van der Waals surface area contributed by atoms with Crippen molar-refractivity contribution in [1.29, 1.82) is 0 Å². The van der Waals surface area contributed by atoms with Crippen LogP contribution in [0.5, 0.6) is 0 Å². The fraction of sp³-hybridized carbons (Fsp3) is 0.400. The first-order chi connectivity index (χ1) is 15.0. The van der Waals surface area contributed by atoms with Gasteiger partial charge in [-0.25, -0.2) is 13.4 Å². The van der Waals surface area contributed by atoms with Gasteiger partial charge in [-0.1, -0.05) is 48.5 Å². The predicted molar refractivity (Wildman–Crippen MR) is 125 cm³/mol. The van der Waals surface area contributed by atoms with Crippen LogP contribution in [0.15, 0.2) is 64.9 Å². The number of nitrogens with zero attached hydrogens (tertiary/aromatic N) is 1. The summed E-state index contributed by atoms with van der Waals surface area (Å²) in [7, 11) is -3.74. The summed E-state index contributed by atoms with van der Waals surface area (Å²) in [5.74, 6) is 2.52. The molecule has 7 rings (SSSR count). The second-order valence-electron chi connectivity index (χ2n) is 9.70. The van der Waals surface area contributed by atoms with Crippen LogP contribution in [0.2, 0.25) is 0 Å². The largest absolute Gasteiger partial charge is 0.264 e. The van der Waals surface area contributed by atoms with Crippen molar-refractivity contribution in [2.45, 2.75) is 48.8 Å². The molecule has 1 heterocycles. The van der Waals surface area contributed by atoms with Crippen molar-refractivity contribution in [3.05, 3.63) is 65.7 Å². The SMILES string of the molecule is O=S(=O)(Nc1nc(C23CC4CC(CC(C4)C2)C3)cs1)c1ccccc1-c1ccccc1. The quantitative estimate of drug-likeness (QED) is 0.512. The highest BCUT2D eigenvalue weighted by Gasteiger charge is 2.52. The Morgan fingerprint density at radius 3 is 2.16 bits per heavy atom. The molecule has 4 saturated carbocycles. The first-order valence-corrected chi connectivity index (χ1v) is 13.5. The summed E-state index contributed by atoms with van der Waals surface area (Å²) in [6, 6.07) is 16.8. The predicted octanol–water partition coefficient (Wildman–Crippen LogP) is 6.08. The molecule has 4 aliphatic rings. The Morgan fingerprint density at radius 1 is 0.871 bits per heavy atom. The van der Waals surface area contributed by atoms with E-state index >= 15 is 0 Å². The van der Waals surface area contributed by atoms with Gasteiger partial charge >= 0.3 is 0 Å². The minimum atomic E-state index is -3.74. The third-order valence-corrected chi connectivity index (χ3v) is 9.85. The van der Waals surface area contributed by atoms with Gasteiger partial charge in [0, 0.05) is 16.4 Å². The highest BCUT2D eigenvalue weighted by atomic mass is 32.2. The normalized spacial score (nSPS) is 29.2. The van der Waals surface area contributed by atoms with Crippen LogP contribution in [0, 0.1) is 17.8 Å². The van der Waals surface area contributed by atoms with E-state index < -0.39 is 10.0 Å². The standard InChI is InChI=1S/C25H26N2O2S2/c28-31(29,22-9-5-4-8-21(22)20-6-2-1-3-7-20)27-24-26-23(16-30-24)25-13-17-10-18(14-25)12-19(11-17)15-25/h1-9,16-19H,10-15H2,(H,26,27). The molecule has 0 radical (unpaired) electrons. The molecule has 31 heavy (non-hydrogen) atoms. The smallest absolute Gasteiger partial charge is 0.255 e. The lowest BCUT2D eigenvalue weighted by Crippen LogP contribution is -2.48. The molecule has 4 nitrogen and oxygen atoms in total. The van der Waals surface area contributed by atoms with Crippen molar-refractivity contribution in [2.24, 2.45) is 17.8 Å². The molecule has 0 saturated heterocycles. The molecular weight excluding hydrogens is 424 g/mol. The van der Waals surface area contributed by atoms with Crippen molar-refractivity contribution < 1.29 is 8.42 Å². The molecule has 0 atom stereocenters. The van der Waals surface area contributed by atoms with Crippen molar-refractivity contribution >= 4 is 26.5 Å². The maximum atomic E-state index is 13.3. The Balaban J connectivity index is 1.30. The van der Waals surface area contributed by atoms with Crippen LogP contribution in [0.1, 0.15) is 44.2 Å². The lowest BCUT2D eigenvalue weighted by molar-refractivity contribution is -0.00688. The van der Waals surface area contributed by atoms with E-state index in [-0.39, 0.29) is 10.3 Å². The van der Waals surface area contributed by atoms with Gasteiger partial charge in [-0.15, -0.1) is 11.3 Å². The van der Waals surface area contributed by atoms with E-state index in [0.717, 1.165) is 29.0 Å². The molecule has 6 heteroatoms. The van der Waals surface area contributed by atoms with E-state index in [1.54, 1.807) is 12.1 Å². The molecule has 4 fully saturated rings. The van der Waals surface area contributed by atoms with Crippen LogP contribution >= 0.6 is 11.3 Å². The van der Waals surface area contributed by atoms with E-state index in [1.165, 1.54) is 49.9 Å². The zero-order valence-electron chi connectivity index (χ0n) is 17.3. The summed E-state index contributed by atoms with van der Waals surface area (Å²) in [6.45, 7) is 0. The highest BCUT2D eigenvalue weighted by molar-refractivity contribution is 7.93. The molecule has 1 N–H and O–H groups in total. The second-order valence-corrected chi connectivity index (χ2v) is 12.2. The summed E-state index contributed by atoms with van der Waals surface area (Å²) in [4.78, 5) is 5.13. The molecule has 0 amide bonds. The van der Waals surface area contributed by atoms with Gasteiger partial charge in [0.05, 0.1) is 10.6 Å². The van der Waals surface area contributed by atoms with Gasteiger partial charge in [-0.3, -0.25) is 4.72 Å². The van der Waals surface area contributed by atoms with Crippen LogP contribution in [-0.2, 0) is 15.4 Å². The van der Waals surface area contributed by atoms with E-state index in [0.29, 0.717) is 10.7 Å². The first-order valence-electron chi connectivity index (χ1n) is 11.1. The molecule has 0 unspecified atom stereocenters. The van der Waals surface area contributed by atoms with Crippen LogP contribution < -0.4 is 4.72 Å². The van der Waals surface area contributed by atoms with Gasteiger partial charge in [0.2, 0.25) is 0 Å². The summed E-state index contributed by atoms with van der Waals surface area (Å²) in [6.07, 6.45) is 7.85. The van der Waals surface area contributed by atoms with Crippen molar-refractivity contribution in [3.63, 3.8) is 0 Å². The van der Waals surface area contributed by atoms with E-state index in [1.807, 2.05) is 42.5 Å².